The molecule has 0 N–H and O–H groups in total. The fraction of sp³-hybridized carbons (Fsp3) is 1.00. The predicted octanol–water partition coefficient (Wildman–Crippen LogP) is 1.95. The molecule has 3 fully saturated rings. The minimum absolute atomic E-state index is 0.806. The van der Waals surface area contributed by atoms with E-state index in [1.807, 2.05) is 0 Å². The molecule has 3 aliphatic rings. The maximum absolute atomic E-state index is 2.77. The molecule has 0 aromatic heterocycles. The van der Waals surface area contributed by atoms with Gasteiger partial charge in [0.2, 0.25) is 0 Å². The van der Waals surface area contributed by atoms with Crippen LogP contribution in [0, 0.1) is 5.92 Å². The van der Waals surface area contributed by atoms with Crippen LogP contribution in [0.15, 0.2) is 0 Å². The van der Waals surface area contributed by atoms with Gasteiger partial charge in [-0.05, 0) is 45.1 Å². The van der Waals surface area contributed by atoms with Crippen LogP contribution in [0.3, 0.4) is 0 Å². The number of rotatable bonds is 2. The molecule has 0 spiro atoms. The molecule has 0 radical (unpaired) electrons. The van der Waals surface area contributed by atoms with Crippen molar-refractivity contribution in [3.8, 4) is 0 Å². The lowest BCUT2D eigenvalue weighted by Crippen LogP contribution is -2.56. The van der Waals surface area contributed by atoms with Crippen LogP contribution in [0.5, 0.6) is 0 Å². The third-order valence-electron chi connectivity index (χ3n) is 4.78. The minimum Gasteiger partial charge on any atom is -0.298 e. The van der Waals surface area contributed by atoms with Gasteiger partial charge in [-0.2, -0.15) is 0 Å². The molecule has 0 aromatic carbocycles. The van der Waals surface area contributed by atoms with E-state index in [1.54, 1.807) is 0 Å². The molecule has 2 unspecified atom stereocenters. The van der Waals surface area contributed by atoms with Crippen molar-refractivity contribution in [3.05, 3.63) is 0 Å². The minimum atomic E-state index is 0.806. The summed E-state index contributed by atoms with van der Waals surface area (Å²) in [6.07, 6.45) is 7.38. The van der Waals surface area contributed by atoms with Gasteiger partial charge in [-0.25, -0.2) is 0 Å². The Hall–Kier alpha value is -0.0800. The lowest BCUT2D eigenvalue weighted by Gasteiger charge is -2.44. The van der Waals surface area contributed by atoms with Crippen molar-refractivity contribution in [1.29, 1.82) is 0 Å². The van der Waals surface area contributed by atoms with Crippen LogP contribution >= 0.6 is 0 Å². The first-order valence-electron chi connectivity index (χ1n) is 6.81. The fourth-order valence-electron chi connectivity index (χ4n) is 3.51. The molecule has 1 aliphatic carbocycles. The van der Waals surface area contributed by atoms with Crippen LogP contribution in [0.1, 0.15) is 39.0 Å². The van der Waals surface area contributed by atoms with Crippen molar-refractivity contribution < 1.29 is 0 Å². The van der Waals surface area contributed by atoms with E-state index in [2.05, 4.69) is 16.7 Å². The van der Waals surface area contributed by atoms with Crippen LogP contribution in [0.2, 0.25) is 0 Å². The average molecular weight is 208 g/mol. The molecule has 0 aromatic rings. The first-order chi connectivity index (χ1) is 7.33. The van der Waals surface area contributed by atoms with Gasteiger partial charge in [0.1, 0.15) is 0 Å². The standard InChI is InChI=1S/C13H24N2/c1-11-8-14-7-3-6-13(14)10-15(11)9-12-4-2-5-12/h11-13H,2-10H2,1H3. The third-order valence-corrected chi connectivity index (χ3v) is 4.78. The van der Waals surface area contributed by atoms with Crippen molar-refractivity contribution in [2.75, 3.05) is 26.2 Å². The van der Waals surface area contributed by atoms with Gasteiger partial charge in [-0.15, -0.1) is 0 Å². The molecule has 2 saturated heterocycles. The lowest BCUT2D eigenvalue weighted by atomic mass is 9.84. The van der Waals surface area contributed by atoms with E-state index in [0.717, 1.165) is 18.0 Å². The molecular weight excluding hydrogens is 184 g/mol. The quantitative estimate of drug-likeness (QED) is 0.684. The number of hydrogen-bond acceptors (Lipinski definition) is 2. The highest BCUT2D eigenvalue weighted by atomic mass is 15.3. The topological polar surface area (TPSA) is 6.48 Å². The van der Waals surface area contributed by atoms with E-state index in [1.165, 1.54) is 58.3 Å². The SMILES string of the molecule is CC1CN2CCCC2CN1CC1CCC1. The third kappa shape index (κ3) is 1.94. The van der Waals surface area contributed by atoms with Gasteiger partial charge < -0.3 is 0 Å². The number of hydrogen-bond donors (Lipinski definition) is 0. The van der Waals surface area contributed by atoms with Gasteiger partial charge in [-0.1, -0.05) is 6.42 Å². The van der Waals surface area contributed by atoms with Crippen LogP contribution in [0.4, 0.5) is 0 Å². The maximum Gasteiger partial charge on any atom is 0.0224 e. The van der Waals surface area contributed by atoms with Gasteiger partial charge in [-0.3, -0.25) is 9.80 Å². The molecule has 2 heteroatoms. The molecule has 3 rings (SSSR count). The Morgan fingerprint density at radius 3 is 2.67 bits per heavy atom. The lowest BCUT2D eigenvalue weighted by molar-refractivity contribution is 0.0376. The zero-order valence-electron chi connectivity index (χ0n) is 9.99. The molecule has 1 saturated carbocycles. The summed E-state index contributed by atoms with van der Waals surface area (Å²) in [5.74, 6) is 1.04. The largest absolute Gasteiger partial charge is 0.298 e. The first-order valence-corrected chi connectivity index (χ1v) is 6.81. The normalized spacial score (nSPS) is 39.0. The monoisotopic (exact) mass is 208 g/mol. The highest BCUT2D eigenvalue weighted by molar-refractivity contribution is 4.91. The van der Waals surface area contributed by atoms with Crippen molar-refractivity contribution in [2.24, 2.45) is 5.92 Å². The molecule has 2 atom stereocenters. The molecule has 2 heterocycles. The maximum atomic E-state index is 2.77. The summed E-state index contributed by atoms with van der Waals surface area (Å²) in [4.78, 5) is 5.50. The van der Waals surface area contributed by atoms with Crippen molar-refractivity contribution in [3.63, 3.8) is 0 Å². The average Bonchev–Trinajstić information content (AvgIpc) is 2.58. The molecular formula is C13H24N2. The molecule has 0 bridgehead atoms. The number of fused-ring (bicyclic) bond motifs is 1. The van der Waals surface area contributed by atoms with E-state index in [-0.39, 0.29) is 0 Å². The van der Waals surface area contributed by atoms with E-state index in [0.29, 0.717) is 0 Å². The predicted molar refractivity (Wildman–Crippen MR) is 63.0 cm³/mol. The molecule has 2 aliphatic heterocycles. The summed E-state index contributed by atoms with van der Waals surface area (Å²) in [7, 11) is 0. The van der Waals surface area contributed by atoms with Gasteiger partial charge in [0, 0.05) is 31.7 Å². The summed E-state index contributed by atoms with van der Waals surface area (Å²) < 4.78 is 0. The van der Waals surface area contributed by atoms with Crippen LogP contribution in [-0.4, -0.2) is 48.1 Å². The van der Waals surface area contributed by atoms with Gasteiger partial charge >= 0.3 is 0 Å². The highest BCUT2D eigenvalue weighted by Crippen LogP contribution is 2.30. The summed E-state index contributed by atoms with van der Waals surface area (Å²) in [5, 5.41) is 0. The second-order valence-corrected chi connectivity index (χ2v) is 5.89. The number of piperazine rings is 1. The van der Waals surface area contributed by atoms with E-state index in [9.17, 15) is 0 Å². The number of nitrogens with zero attached hydrogens (tertiary/aromatic N) is 2. The summed E-state index contributed by atoms with van der Waals surface area (Å²) in [6, 6.07) is 1.71. The Kier molecular flexibility index (Phi) is 2.73. The van der Waals surface area contributed by atoms with E-state index >= 15 is 0 Å². The summed E-state index contributed by atoms with van der Waals surface area (Å²) >= 11 is 0. The summed E-state index contributed by atoms with van der Waals surface area (Å²) in [6.45, 7) is 7.88. The van der Waals surface area contributed by atoms with E-state index < -0.39 is 0 Å². The molecule has 0 amide bonds. The van der Waals surface area contributed by atoms with Crippen molar-refractivity contribution in [2.45, 2.75) is 51.1 Å². The summed E-state index contributed by atoms with van der Waals surface area (Å²) in [5.41, 5.74) is 0. The molecule has 2 nitrogen and oxygen atoms in total. The van der Waals surface area contributed by atoms with Crippen LogP contribution in [0.25, 0.3) is 0 Å². The van der Waals surface area contributed by atoms with Gasteiger partial charge in [0.15, 0.2) is 0 Å². The Morgan fingerprint density at radius 2 is 1.93 bits per heavy atom. The Balaban J connectivity index is 1.58. The second-order valence-electron chi connectivity index (χ2n) is 5.89. The van der Waals surface area contributed by atoms with Gasteiger partial charge in [0.05, 0.1) is 0 Å². The zero-order valence-corrected chi connectivity index (χ0v) is 9.99. The Bertz CT molecular complexity index is 225. The van der Waals surface area contributed by atoms with Crippen LogP contribution in [-0.2, 0) is 0 Å². The molecule has 86 valence electrons. The second kappa shape index (κ2) is 4.06. The smallest absolute Gasteiger partial charge is 0.0224 e. The first kappa shape index (κ1) is 10.1. The Morgan fingerprint density at radius 1 is 1.07 bits per heavy atom. The molecule has 15 heavy (non-hydrogen) atoms. The van der Waals surface area contributed by atoms with Crippen LogP contribution < -0.4 is 0 Å². The zero-order chi connectivity index (χ0) is 10.3. The highest BCUT2D eigenvalue weighted by Gasteiger charge is 2.35. The van der Waals surface area contributed by atoms with Crippen molar-refractivity contribution in [1.82, 2.24) is 9.80 Å². The van der Waals surface area contributed by atoms with Crippen molar-refractivity contribution >= 4 is 0 Å². The van der Waals surface area contributed by atoms with Gasteiger partial charge in [0.25, 0.3) is 0 Å². The fourth-order valence-corrected chi connectivity index (χ4v) is 3.51. The Labute approximate surface area is 93.6 Å². The van der Waals surface area contributed by atoms with E-state index in [4.69, 9.17) is 0 Å².